The monoisotopic (exact) mass is 302 g/mol. The first kappa shape index (κ1) is 12.4. The second kappa shape index (κ2) is 4.64. The molecule has 1 aromatic carbocycles. The van der Waals surface area contributed by atoms with E-state index in [1.165, 1.54) is 12.1 Å². The minimum atomic E-state index is -0.815. The van der Waals surface area contributed by atoms with E-state index in [2.05, 4.69) is 15.9 Å². The number of carboxylic acids is 1. The van der Waals surface area contributed by atoms with Crippen LogP contribution in [-0.2, 0) is 4.79 Å². The van der Waals surface area contributed by atoms with E-state index in [0.29, 0.717) is 16.8 Å². The zero-order valence-corrected chi connectivity index (χ0v) is 10.7. The molecule has 0 atom stereocenters. The van der Waals surface area contributed by atoms with Crippen LogP contribution in [0.15, 0.2) is 22.7 Å². The van der Waals surface area contributed by atoms with Gasteiger partial charge in [0, 0.05) is 11.5 Å². The fourth-order valence-corrected chi connectivity index (χ4v) is 2.05. The van der Waals surface area contributed by atoms with Crippen molar-refractivity contribution in [1.29, 1.82) is 0 Å². The smallest absolute Gasteiger partial charge is 0.304 e. The molecule has 0 saturated heterocycles. The van der Waals surface area contributed by atoms with Gasteiger partial charge in [0.2, 0.25) is 0 Å². The van der Waals surface area contributed by atoms with Gasteiger partial charge in [0.05, 0.1) is 17.5 Å². The van der Waals surface area contributed by atoms with Gasteiger partial charge in [-0.3, -0.25) is 4.79 Å². The molecule has 0 spiro atoms. The van der Waals surface area contributed by atoms with Crippen LogP contribution in [0, 0.1) is 11.2 Å². The van der Waals surface area contributed by atoms with Crippen molar-refractivity contribution < 1.29 is 19.0 Å². The molecule has 0 amide bonds. The summed E-state index contributed by atoms with van der Waals surface area (Å²) in [6.45, 7) is 0.321. The molecule has 3 nitrogen and oxygen atoms in total. The SMILES string of the molecule is O=C(O)CC1(COc2cc(F)ccc2Br)CC1. The topological polar surface area (TPSA) is 46.5 Å². The first-order valence-electron chi connectivity index (χ1n) is 5.30. The van der Waals surface area contributed by atoms with E-state index in [-0.39, 0.29) is 17.7 Å². The number of ether oxygens (including phenoxy) is 1. The summed E-state index contributed by atoms with van der Waals surface area (Å²) in [6.07, 6.45) is 1.82. The largest absolute Gasteiger partial charge is 0.492 e. The van der Waals surface area contributed by atoms with Crippen LogP contribution in [0.1, 0.15) is 19.3 Å². The highest BCUT2D eigenvalue weighted by Gasteiger charge is 2.45. The van der Waals surface area contributed by atoms with Crippen LogP contribution < -0.4 is 4.74 Å². The second-order valence-corrected chi connectivity index (χ2v) is 5.29. The van der Waals surface area contributed by atoms with E-state index in [0.717, 1.165) is 12.8 Å². The third-order valence-electron chi connectivity index (χ3n) is 2.91. The molecule has 0 bridgehead atoms. The van der Waals surface area contributed by atoms with E-state index in [1.807, 2.05) is 0 Å². The third-order valence-corrected chi connectivity index (χ3v) is 3.57. The number of carboxylic acid groups (broad SMARTS) is 1. The van der Waals surface area contributed by atoms with Gasteiger partial charge in [-0.15, -0.1) is 0 Å². The normalized spacial score (nSPS) is 16.6. The van der Waals surface area contributed by atoms with Crippen molar-refractivity contribution in [2.24, 2.45) is 5.41 Å². The number of hydrogen-bond donors (Lipinski definition) is 1. The zero-order chi connectivity index (χ0) is 12.5. The van der Waals surface area contributed by atoms with Gasteiger partial charge in [0.1, 0.15) is 11.6 Å². The van der Waals surface area contributed by atoms with Crippen LogP contribution in [0.2, 0.25) is 0 Å². The Hall–Kier alpha value is -1.10. The molecule has 1 aliphatic carbocycles. The molecule has 1 aromatic rings. The quantitative estimate of drug-likeness (QED) is 0.908. The highest BCUT2D eigenvalue weighted by atomic mass is 79.9. The summed E-state index contributed by atoms with van der Waals surface area (Å²) in [5.41, 5.74) is -0.252. The summed E-state index contributed by atoms with van der Waals surface area (Å²) in [5, 5.41) is 8.76. The highest BCUT2D eigenvalue weighted by Crippen LogP contribution is 2.49. The summed E-state index contributed by atoms with van der Waals surface area (Å²) >= 11 is 3.26. The molecule has 1 fully saturated rings. The number of rotatable bonds is 5. The zero-order valence-electron chi connectivity index (χ0n) is 9.08. The average Bonchev–Trinajstić information content (AvgIpc) is 2.99. The maximum Gasteiger partial charge on any atom is 0.304 e. The van der Waals surface area contributed by atoms with Gasteiger partial charge in [-0.25, -0.2) is 4.39 Å². The van der Waals surface area contributed by atoms with Gasteiger partial charge < -0.3 is 9.84 Å². The minimum absolute atomic E-state index is 0.111. The van der Waals surface area contributed by atoms with Crippen molar-refractivity contribution >= 4 is 21.9 Å². The fourth-order valence-electron chi connectivity index (χ4n) is 1.69. The van der Waals surface area contributed by atoms with Gasteiger partial charge in [-0.2, -0.15) is 0 Å². The molecule has 1 aliphatic rings. The minimum Gasteiger partial charge on any atom is -0.492 e. The molecular formula is C12H12BrFO3. The van der Waals surface area contributed by atoms with Gasteiger partial charge in [0.25, 0.3) is 0 Å². The molecule has 0 aliphatic heterocycles. The lowest BCUT2D eigenvalue weighted by Crippen LogP contribution is -2.17. The molecule has 0 heterocycles. The van der Waals surface area contributed by atoms with Crippen molar-refractivity contribution in [1.82, 2.24) is 0 Å². The Morgan fingerprint density at radius 2 is 2.24 bits per heavy atom. The maximum atomic E-state index is 13.0. The lowest BCUT2D eigenvalue weighted by atomic mass is 10.0. The first-order valence-corrected chi connectivity index (χ1v) is 6.10. The number of aliphatic carboxylic acids is 1. The van der Waals surface area contributed by atoms with E-state index in [1.54, 1.807) is 6.07 Å². The maximum absolute atomic E-state index is 13.0. The van der Waals surface area contributed by atoms with E-state index in [9.17, 15) is 9.18 Å². The second-order valence-electron chi connectivity index (χ2n) is 4.43. The van der Waals surface area contributed by atoms with E-state index < -0.39 is 5.97 Å². The van der Waals surface area contributed by atoms with Crippen LogP contribution in [0.25, 0.3) is 0 Å². The Kier molecular flexibility index (Phi) is 3.38. The molecule has 92 valence electrons. The van der Waals surface area contributed by atoms with Crippen LogP contribution in [0.4, 0.5) is 4.39 Å². The van der Waals surface area contributed by atoms with Crippen LogP contribution in [-0.4, -0.2) is 17.7 Å². The third kappa shape index (κ3) is 3.19. The Labute approximate surface area is 107 Å². The first-order chi connectivity index (χ1) is 8.01. The van der Waals surface area contributed by atoms with E-state index >= 15 is 0 Å². The summed E-state index contributed by atoms with van der Waals surface area (Å²) < 4.78 is 19.2. The van der Waals surface area contributed by atoms with Crippen molar-refractivity contribution in [2.45, 2.75) is 19.3 Å². The number of carbonyl (C=O) groups is 1. The molecule has 0 radical (unpaired) electrons. The van der Waals surface area contributed by atoms with Gasteiger partial charge in [-0.1, -0.05) is 0 Å². The standard InChI is InChI=1S/C12H12BrFO3/c13-9-2-1-8(14)5-10(9)17-7-12(3-4-12)6-11(15)16/h1-2,5H,3-4,6-7H2,(H,15,16). The van der Waals surface area contributed by atoms with E-state index in [4.69, 9.17) is 9.84 Å². The molecule has 0 unspecified atom stereocenters. The molecule has 0 aromatic heterocycles. The highest BCUT2D eigenvalue weighted by molar-refractivity contribution is 9.10. The molecule has 17 heavy (non-hydrogen) atoms. The summed E-state index contributed by atoms with van der Waals surface area (Å²) in [6, 6.07) is 4.20. The summed E-state index contributed by atoms with van der Waals surface area (Å²) in [7, 11) is 0. The predicted octanol–water partition coefficient (Wildman–Crippen LogP) is 3.22. The van der Waals surface area contributed by atoms with Crippen molar-refractivity contribution in [3.05, 3.63) is 28.5 Å². The molecule has 5 heteroatoms. The summed E-state index contributed by atoms with van der Waals surface area (Å²) in [5.74, 6) is -0.766. The van der Waals surface area contributed by atoms with Crippen LogP contribution >= 0.6 is 15.9 Å². The lowest BCUT2D eigenvalue weighted by Gasteiger charge is -2.14. The van der Waals surface area contributed by atoms with Crippen molar-refractivity contribution in [2.75, 3.05) is 6.61 Å². The Morgan fingerprint density at radius 1 is 1.53 bits per heavy atom. The van der Waals surface area contributed by atoms with Gasteiger partial charge in [0.15, 0.2) is 0 Å². The van der Waals surface area contributed by atoms with Crippen molar-refractivity contribution in [3.63, 3.8) is 0 Å². The van der Waals surface area contributed by atoms with Crippen LogP contribution in [0.5, 0.6) is 5.75 Å². The molecule has 1 saturated carbocycles. The Morgan fingerprint density at radius 3 is 2.82 bits per heavy atom. The predicted molar refractivity (Wildman–Crippen MR) is 63.5 cm³/mol. The van der Waals surface area contributed by atoms with Crippen molar-refractivity contribution in [3.8, 4) is 5.75 Å². The average molecular weight is 303 g/mol. The van der Waals surface area contributed by atoms with Crippen LogP contribution in [0.3, 0.4) is 0 Å². The fraction of sp³-hybridized carbons (Fsp3) is 0.417. The van der Waals surface area contributed by atoms with Gasteiger partial charge in [-0.05, 0) is 40.9 Å². The number of hydrogen-bond acceptors (Lipinski definition) is 2. The summed E-state index contributed by atoms with van der Waals surface area (Å²) in [4.78, 5) is 10.7. The Bertz CT molecular complexity index is 443. The van der Waals surface area contributed by atoms with Gasteiger partial charge >= 0.3 is 5.97 Å². The molecular weight excluding hydrogens is 291 g/mol. The number of benzene rings is 1. The lowest BCUT2D eigenvalue weighted by molar-refractivity contribution is -0.138. The Balaban J connectivity index is 1.98. The molecule has 2 rings (SSSR count). The number of halogens is 2. The molecule has 1 N–H and O–H groups in total.